The van der Waals surface area contributed by atoms with Crippen LogP contribution in [0.2, 0.25) is 0 Å². The first-order chi connectivity index (χ1) is 14.0. The van der Waals surface area contributed by atoms with Crippen molar-refractivity contribution in [2.75, 3.05) is 25.0 Å². The minimum absolute atomic E-state index is 0.0776. The molecule has 0 saturated heterocycles. The van der Waals surface area contributed by atoms with Gasteiger partial charge >= 0.3 is 0 Å². The number of hydrogen-bond acceptors (Lipinski definition) is 4. The van der Waals surface area contributed by atoms with Gasteiger partial charge in [-0.1, -0.05) is 60.2 Å². The molecule has 0 aliphatic carbocycles. The molecule has 150 valence electrons. The van der Waals surface area contributed by atoms with Crippen molar-refractivity contribution in [2.24, 2.45) is 0 Å². The van der Waals surface area contributed by atoms with Crippen LogP contribution in [-0.4, -0.2) is 40.9 Å². The molecule has 0 saturated carbocycles. The Bertz CT molecular complexity index is 950. The predicted octanol–water partition coefficient (Wildman–Crippen LogP) is 4.57. The monoisotopic (exact) mass is 388 g/mol. The first-order valence-corrected chi connectivity index (χ1v) is 10.0. The number of aryl methyl sites for hydroxylation is 1. The van der Waals surface area contributed by atoms with E-state index < -0.39 is 0 Å². The highest BCUT2D eigenvalue weighted by atomic mass is 16.2. The third kappa shape index (κ3) is 4.80. The Morgan fingerprint density at radius 2 is 1.62 bits per heavy atom. The Hall–Kier alpha value is -3.21. The van der Waals surface area contributed by atoms with Crippen molar-refractivity contribution in [3.63, 3.8) is 0 Å². The molecule has 0 fully saturated rings. The summed E-state index contributed by atoms with van der Waals surface area (Å²) in [5.74, 6) is 1.24. The fourth-order valence-electron chi connectivity index (χ4n) is 3.26. The van der Waals surface area contributed by atoms with Crippen molar-refractivity contribution in [3.05, 3.63) is 77.5 Å². The van der Waals surface area contributed by atoms with E-state index >= 15 is 0 Å². The van der Waals surface area contributed by atoms with E-state index in [0.717, 1.165) is 24.2 Å². The van der Waals surface area contributed by atoms with Gasteiger partial charge in [-0.2, -0.15) is 0 Å². The maximum Gasteiger partial charge on any atom is 0.259 e. The van der Waals surface area contributed by atoms with E-state index in [0.29, 0.717) is 23.8 Å². The zero-order valence-corrected chi connectivity index (χ0v) is 17.6. The number of amides is 1. The van der Waals surface area contributed by atoms with E-state index in [-0.39, 0.29) is 5.91 Å². The summed E-state index contributed by atoms with van der Waals surface area (Å²) < 4.78 is 0. The Kier molecular flexibility index (Phi) is 6.60. The lowest BCUT2D eigenvalue weighted by Crippen LogP contribution is -2.31. The average Bonchev–Trinajstić information content (AvgIpc) is 2.75. The molecule has 0 aliphatic rings. The Morgan fingerprint density at radius 3 is 2.24 bits per heavy atom. The number of benzene rings is 2. The van der Waals surface area contributed by atoms with Crippen LogP contribution in [0.3, 0.4) is 0 Å². The lowest BCUT2D eigenvalue weighted by atomic mass is 10.1. The number of aromatic nitrogens is 2. The van der Waals surface area contributed by atoms with Crippen LogP contribution in [-0.2, 0) is 6.54 Å². The second-order valence-electron chi connectivity index (χ2n) is 7.12. The second-order valence-corrected chi connectivity index (χ2v) is 7.12. The average molecular weight is 389 g/mol. The topological polar surface area (TPSA) is 49.3 Å². The van der Waals surface area contributed by atoms with Gasteiger partial charge in [-0.3, -0.25) is 4.79 Å². The number of anilines is 1. The Labute approximate surface area is 173 Å². The van der Waals surface area contributed by atoms with E-state index in [9.17, 15) is 4.79 Å². The fourth-order valence-corrected chi connectivity index (χ4v) is 3.26. The summed E-state index contributed by atoms with van der Waals surface area (Å²) >= 11 is 0. The van der Waals surface area contributed by atoms with Gasteiger partial charge in [0, 0.05) is 38.4 Å². The molecule has 0 atom stereocenters. The molecule has 1 aromatic heterocycles. The van der Waals surface area contributed by atoms with Crippen molar-refractivity contribution in [2.45, 2.75) is 27.3 Å². The summed E-state index contributed by atoms with van der Waals surface area (Å²) in [6.07, 6.45) is 1.67. The molecular formula is C24H28N4O. The van der Waals surface area contributed by atoms with E-state index in [1.807, 2.05) is 61.6 Å². The normalized spacial score (nSPS) is 10.6. The molecule has 0 N–H and O–H groups in total. The summed E-state index contributed by atoms with van der Waals surface area (Å²) in [6, 6.07) is 18.1. The maximum atomic E-state index is 13.2. The summed E-state index contributed by atoms with van der Waals surface area (Å²) in [5.41, 5.74) is 3.75. The SMILES string of the molecule is CCN(CC)c1nc(-c2ccc(C)cc2)ncc1C(=O)N(C)Cc1ccccc1. The number of nitrogens with zero attached hydrogens (tertiary/aromatic N) is 4. The number of carbonyl (C=O) groups excluding carboxylic acids is 1. The third-order valence-electron chi connectivity index (χ3n) is 4.98. The Balaban J connectivity index is 1.96. The first-order valence-electron chi connectivity index (χ1n) is 10.0. The van der Waals surface area contributed by atoms with Gasteiger partial charge in [0.2, 0.25) is 0 Å². The highest BCUT2D eigenvalue weighted by Crippen LogP contribution is 2.24. The first kappa shape index (κ1) is 20.5. The van der Waals surface area contributed by atoms with Crippen molar-refractivity contribution in [1.29, 1.82) is 0 Å². The fraction of sp³-hybridized carbons (Fsp3) is 0.292. The highest BCUT2D eigenvalue weighted by Gasteiger charge is 2.22. The molecule has 29 heavy (non-hydrogen) atoms. The van der Waals surface area contributed by atoms with Crippen molar-refractivity contribution in [3.8, 4) is 11.4 Å². The van der Waals surface area contributed by atoms with Gasteiger partial charge in [0.1, 0.15) is 11.4 Å². The second kappa shape index (κ2) is 9.32. The van der Waals surface area contributed by atoms with E-state index in [2.05, 4.69) is 30.7 Å². The van der Waals surface area contributed by atoms with Gasteiger partial charge in [0.25, 0.3) is 5.91 Å². The summed E-state index contributed by atoms with van der Waals surface area (Å²) in [5, 5.41) is 0. The molecule has 3 aromatic rings. The zero-order valence-electron chi connectivity index (χ0n) is 17.6. The zero-order chi connectivity index (χ0) is 20.8. The smallest absolute Gasteiger partial charge is 0.259 e. The van der Waals surface area contributed by atoms with Crippen LogP contribution in [0.25, 0.3) is 11.4 Å². The van der Waals surface area contributed by atoms with Crippen LogP contribution in [0.15, 0.2) is 60.8 Å². The van der Waals surface area contributed by atoms with Crippen molar-refractivity contribution in [1.82, 2.24) is 14.9 Å². The molecule has 1 amide bonds. The van der Waals surface area contributed by atoms with Crippen LogP contribution in [0, 0.1) is 6.92 Å². The molecule has 5 heteroatoms. The molecular weight excluding hydrogens is 360 g/mol. The van der Waals surface area contributed by atoms with Gasteiger partial charge in [-0.25, -0.2) is 9.97 Å². The third-order valence-corrected chi connectivity index (χ3v) is 4.98. The minimum Gasteiger partial charge on any atom is -0.356 e. The number of hydrogen-bond donors (Lipinski definition) is 0. The lowest BCUT2D eigenvalue weighted by Gasteiger charge is -2.25. The number of rotatable bonds is 7. The minimum atomic E-state index is -0.0776. The van der Waals surface area contributed by atoms with Crippen LogP contribution in [0.4, 0.5) is 5.82 Å². The van der Waals surface area contributed by atoms with Crippen molar-refractivity contribution < 1.29 is 4.79 Å². The molecule has 5 nitrogen and oxygen atoms in total. The highest BCUT2D eigenvalue weighted by molar-refractivity contribution is 5.98. The van der Waals surface area contributed by atoms with E-state index in [1.54, 1.807) is 11.1 Å². The summed E-state index contributed by atoms with van der Waals surface area (Å²) in [6.45, 7) is 8.26. The summed E-state index contributed by atoms with van der Waals surface area (Å²) in [4.78, 5) is 26.3. The van der Waals surface area contributed by atoms with Crippen molar-refractivity contribution >= 4 is 11.7 Å². The number of carbonyl (C=O) groups is 1. The van der Waals surface area contributed by atoms with Crippen LogP contribution < -0.4 is 4.90 Å². The largest absolute Gasteiger partial charge is 0.356 e. The molecule has 0 radical (unpaired) electrons. The summed E-state index contributed by atoms with van der Waals surface area (Å²) in [7, 11) is 1.81. The molecule has 2 aromatic carbocycles. The molecule has 0 aliphatic heterocycles. The van der Waals surface area contributed by atoms with Crippen LogP contribution in [0.5, 0.6) is 0 Å². The predicted molar refractivity (Wildman–Crippen MR) is 118 cm³/mol. The molecule has 0 spiro atoms. The molecule has 0 unspecified atom stereocenters. The van der Waals surface area contributed by atoms with Gasteiger partial charge in [0.05, 0.1) is 0 Å². The van der Waals surface area contributed by atoms with Gasteiger partial charge in [0.15, 0.2) is 5.82 Å². The van der Waals surface area contributed by atoms with E-state index in [1.165, 1.54) is 5.56 Å². The lowest BCUT2D eigenvalue weighted by molar-refractivity contribution is 0.0785. The van der Waals surface area contributed by atoms with Crippen LogP contribution >= 0.6 is 0 Å². The Morgan fingerprint density at radius 1 is 0.966 bits per heavy atom. The maximum absolute atomic E-state index is 13.2. The van der Waals surface area contributed by atoms with Crippen LogP contribution in [0.1, 0.15) is 35.3 Å². The molecule has 1 heterocycles. The quantitative estimate of drug-likeness (QED) is 0.595. The standard InChI is InChI=1S/C24H28N4O/c1-5-28(6-2)23-21(24(29)27(4)17-19-10-8-7-9-11-19)16-25-22(26-23)20-14-12-18(3)13-15-20/h7-16H,5-6,17H2,1-4H3. The van der Waals surface area contributed by atoms with Gasteiger partial charge in [-0.15, -0.1) is 0 Å². The molecule has 0 bridgehead atoms. The molecule has 3 rings (SSSR count). The van der Waals surface area contributed by atoms with Gasteiger partial charge in [-0.05, 0) is 26.3 Å². The van der Waals surface area contributed by atoms with E-state index in [4.69, 9.17) is 4.98 Å². The van der Waals surface area contributed by atoms with Gasteiger partial charge < -0.3 is 9.80 Å².